The van der Waals surface area contributed by atoms with E-state index >= 15 is 0 Å². The van der Waals surface area contributed by atoms with Gasteiger partial charge in [-0.25, -0.2) is 4.98 Å². The second kappa shape index (κ2) is 6.98. The summed E-state index contributed by atoms with van der Waals surface area (Å²) in [5, 5.41) is 5.86. The van der Waals surface area contributed by atoms with Crippen LogP contribution in [0.1, 0.15) is 16.1 Å². The standard InChI is InChI=1S/C17H14ClN3O2S/c1-10-6-13(15(23-2)7-12(10)18)20-16(22)14-9-24-17(21-14)11-4-3-5-19-8-11/h3-9H,1-2H3,(H,20,22). The highest BCUT2D eigenvalue weighted by Crippen LogP contribution is 2.31. The number of benzene rings is 1. The quantitative estimate of drug-likeness (QED) is 0.748. The predicted octanol–water partition coefficient (Wildman–Crippen LogP) is 4.43. The first-order valence-corrected chi connectivity index (χ1v) is 8.35. The summed E-state index contributed by atoms with van der Waals surface area (Å²) < 4.78 is 5.27. The zero-order chi connectivity index (χ0) is 17.1. The lowest BCUT2D eigenvalue weighted by Crippen LogP contribution is -2.13. The number of carbonyl (C=O) groups excluding carboxylic acids is 1. The van der Waals surface area contributed by atoms with Crippen LogP contribution in [0.15, 0.2) is 42.0 Å². The van der Waals surface area contributed by atoms with Crippen LogP contribution in [0.2, 0.25) is 5.02 Å². The third kappa shape index (κ3) is 3.39. The van der Waals surface area contributed by atoms with E-state index in [1.807, 2.05) is 19.1 Å². The summed E-state index contributed by atoms with van der Waals surface area (Å²) in [6.45, 7) is 1.86. The fourth-order valence-corrected chi connectivity index (χ4v) is 3.06. The number of hydrogen-bond donors (Lipinski definition) is 1. The van der Waals surface area contributed by atoms with Crippen molar-refractivity contribution >= 4 is 34.5 Å². The summed E-state index contributed by atoms with van der Waals surface area (Å²) in [5.41, 5.74) is 2.62. The third-order valence-electron chi connectivity index (χ3n) is 3.37. The maximum atomic E-state index is 12.5. The molecule has 2 aromatic heterocycles. The van der Waals surface area contributed by atoms with Crippen LogP contribution in [0.3, 0.4) is 0 Å². The molecule has 0 fully saturated rings. The fourth-order valence-electron chi connectivity index (χ4n) is 2.12. The van der Waals surface area contributed by atoms with Gasteiger partial charge in [0.2, 0.25) is 0 Å². The smallest absolute Gasteiger partial charge is 0.275 e. The topological polar surface area (TPSA) is 64.1 Å². The number of halogens is 1. The van der Waals surface area contributed by atoms with E-state index in [0.717, 1.165) is 16.1 Å². The van der Waals surface area contributed by atoms with Crippen molar-refractivity contribution in [2.24, 2.45) is 0 Å². The number of pyridine rings is 1. The molecule has 1 amide bonds. The lowest BCUT2D eigenvalue weighted by Gasteiger charge is -2.11. The van der Waals surface area contributed by atoms with Gasteiger partial charge in [-0.1, -0.05) is 11.6 Å². The SMILES string of the molecule is COc1cc(Cl)c(C)cc1NC(=O)c1csc(-c2cccnc2)n1. The van der Waals surface area contributed by atoms with Crippen molar-refractivity contribution in [2.45, 2.75) is 6.92 Å². The lowest BCUT2D eigenvalue weighted by atomic mass is 10.2. The molecule has 0 unspecified atom stereocenters. The third-order valence-corrected chi connectivity index (χ3v) is 4.67. The second-order valence-electron chi connectivity index (χ2n) is 5.04. The number of hydrogen-bond acceptors (Lipinski definition) is 5. The Morgan fingerprint density at radius 3 is 2.92 bits per heavy atom. The Morgan fingerprint density at radius 1 is 1.38 bits per heavy atom. The Balaban J connectivity index is 1.84. The molecule has 3 rings (SSSR count). The summed E-state index contributed by atoms with van der Waals surface area (Å²) in [6.07, 6.45) is 3.41. The molecule has 0 bridgehead atoms. The number of aromatic nitrogens is 2. The van der Waals surface area contributed by atoms with Crippen molar-refractivity contribution < 1.29 is 9.53 Å². The van der Waals surface area contributed by atoms with E-state index in [1.54, 1.807) is 29.9 Å². The Bertz CT molecular complexity index is 881. The van der Waals surface area contributed by atoms with E-state index < -0.39 is 0 Å². The molecule has 7 heteroatoms. The summed E-state index contributed by atoms with van der Waals surface area (Å²) in [7, 11) is 1.53. The van der Waals surface area contributed by atoms with E-state index in [0.29, 0.717) is 22.2 Å². The van der Waals surface area contributed by atoms with Crippen molar-refractivity contribution in [3.05, 3.63) is 58.3 Å². The van der Waals surface area contributed by atoms with Gasteiger partial charge in [0.25, 0.3) is 5.91 Å². The molecule has 0 aliphatic heterocycles. The number of methoxy groups -OCH3 is 1. The number of nitrogens with zero attached hydrogens (tertiary/aromatic N) is 2. The highest BCUT2D eigenvalue weighted by molar-refractivity contribution is 7.13. The van der Waals surface area contributed by atoms with E-state index in [2.05, 4.69) is 15.3 Å². The maximum Gasteiger partial charge on any atom is 0.275 e. The first-order valence-electron chi connectivity index (χ1n) is 7.10. The van der Waals surface area contributed by atoms with Crippen LogP contribution in [0, 0.1) is 6.92 Å². The second-order valence-corrected chi connectivity index (χ2v) is 6.30. The van der Waals surface area contributed by atoms with Crippen LogP contribution in [0.25, 0.3) is 10.6 Å². The highest BCUT2D eigenvalue weighted by atomic mass is 35.5. The Kier molecular flexibility index (Phi) is 4.78. The van der Waals surface area contributed by atoms with Crippen LogP contribution in [-0.2, 0) is 0 Å². The summed E-state index contributed by atoms with van der Waals surface area (Å²) in [4.78, 5) is 20.9. The van der Waals surface area contributed by atoms with Gasteiger partial charge in [0.05, 0.1) is 12.8 Å². The van der Waals surface area contributed by atoms with Gasteiger partial charge in [-0.05, 0) is 30.7 Å². The average molecular weight is 360 g/mol. The van der Waals surface area contributed by atoms with E-state index in [4.69, 9.17) is 16.3 Å². The molecular weight excluding hydrogens is 346 g/mol. The largest absolute Gasteiger partial charge is 0.495 e. The van der Waals surface area contributed by atoms with E-state index in [9.17, 15) is 4.79 Å². The first-order chi connectivity index (χ1) is 11.6. The number of amides is 1. The summed E-state index contributed by atoms with van der Waals surface area (Å²) >= 11 is 7.47. The van der Waals surface area contributed by atoms with Crippen molar-refractivity contribution in [2.75, 3.05) is 12.4 Å². The molecule has 0 aliphatic rings. The van der Waals surface area contributed by atoms with Crippen molar-refractivity contribution in [1.29, 1.82) is 0 Å². The molecule has 0 spiro atoms. The number of nitrogens with one attached hydrogen (secondary N) is 1. The molecule has 0 aliphatic carbocycles. The number of anilines is 1. The summed E-state index contributed by atoms with van der Waals surface area (Å²) in [5.74, 6) is 0.197. The molecule has 0 radical (unpaired) electrons. The number of carbonyl (C=O) groups is 1. The molecule has 0 saturated heterocycles. The molecule has 0 atom stereocenters. The minimum absolute atomic E-state index is 0.304. The van der Waals surface area contributed by atoms with Crippen LogP contribution in [0.4, 0.5) is 5.69 Å². The normalized spacial score (nSPS) is 10.5. The minimum Gasteiger partial charge on any atom is -0.495 e. The zero-order valence-corrected chi connectivity index (χ0v) is 14.6. The molecule has 3 aromatic rings. The highest BCUT2D eigenvalue weighted by Gasteiger charge is 2.15. The lowest BCUT2D eigenvalue weighted by molar-refractivity contribution is 0.102. The molecule has 1 N–H and O–H groups in total. The van der Waals surface area contributed by atoms with Gasteiger partial charge in [0.1, 0.15) is 16.5 Å². The predicted molar refractivity (Wildman–Crippen MR) is 96.0 cm³/mol. The van der Waals surface area contributed by atoms with Crippen molar-refractivity contribution in [3.8, 4) is 16.3 Å². The van der Waals surface area contributed by atoms with E-state index in [1.165, 1.54) is 18.4 Å². The van der Waals surface area contributed by atoms with Gasteiger partial charge in [-0.15, -0.1) is 11.3 Å². The fraction of sp³-hybridized carbons (Fsp3) is 0.118. The van der Waals surface area contributed by atoms with Crippen molar-refractivity contribution in [1.82, 2.24) is 9.97 Å². The summed E-state index contributed by atoms with van der Waals surface area (Å²) in [6, 6.07) is 7.18. The van der Waals surface area contributed by atoms with Gasteiger partial charge in [-0.2, -0.15) is 0 Å². The Hall–Kier alpha value is -2.44. The van der Waals surface area contributed by atoms with Gasteiger partial charge < -0.3 is 10.1 Å². The molecule has 0 saturated carbocycles. The Morgan fingerprint density at radius 2 is 2.21 bits per heavy atom. The molecule has 2 heterocycles. The van der Waals surface area contributed by atoms with Gasteiger partial charge in [0, 0.05) is 34.4 Å². The zero-order valence-electron chi connectivity index (χ0n) is 13.0. The van der Waals surface area contributed by atoms with Crippen molar-refractivity contribution in [3.63, 3.8) is 0 Å². The number of aryl methyl sites for hydroxylation is 1. The van der Waals surface area contributed by atoms with Gasteiger partial charge in [-0.3, -0.25) is 9.78 Å². The molecule has 5 nitrogen and oxygen atoms in total. The first kappa shape index (κ1) is 16.4. The number of thiazole rings is 1. The molecule has 24 heavy (non-hydrogen) atoms. The van der Waals surface area contributed by atoms with Gasteiger partial charge >= 0.3 is 0 Å². The van der Waals surface area contributed by atoms with E-state index in [-0.39, 0.29) is 5.91 Å². The number of ether oxygens (including phenoxy) is 1. The Labute approximate surface area is 148 Å². The molecular formula is C17H14ClN3O2S. The number of rotatable bonds is 4. The van der Waals surface area contributed by atoms with Crippen LogP contribution < -0.4 is 10.1 Å². The van der Waals surface area contributed by atoms with Crippen LogP contribution >= 0.6 is 22.9 Å². The van der Waals surface area contributed by atoms with Gasteiger partial charge in [0.15, 0.2) is 0 Å². The minimum atomic E-state index is -0.304. The maximum absolute atomic E-state index is 12.5. The monoisotopic (exact) mass is 359 g/mol. The van der Waals surface area contributed by atoms with Crippen LogP contribution in [-0.4, -0.2) is 23.0 Å². The average Bonchev–Trinajstić information content (AvgIpc) is 3.09. The molecule has 1 aromatic carbocycles. The molecule has 122 valence electrons. The van der Waals surface area contributed by atoms with Crippen LogP contribution in [0.5, 0.6) is 5.75 Å².